The van der Waals surface area contributed by atoms with Crippen molar-refractivity contribution in [1.29, 1.82) is 0 Å². The summed E-state index contributed by atoms with van der Waals surface area (Å²) in [5.74, 6) is 1.61. The second kappa shape index (κ2) is 6.52. The van der Waals surface area contributed by atoms with Crippen molar-refractivity contribution >= 4 is 29.2 Å². The monoisotopic (exact) mass is 334 g/mol. The summed E-state index contributed by atoms with van der Waals surface area (Å²) in [5, 5.41) is 4.88. The number of furan rings is 1. The maximum Gasteiger partial charge on any atom is 0.264 e. The Labute approximate surface area is 143 Å². The molecule has 0 aliphatic carbocycles. The molecule has 0 saturated carbocycles. The van der Waals surface area contributed by atoms with Crippen LogP contribution in [0.25, 0.3) is 17.0 Å². The van der Waals surface area contributed by atoms with Crippen molar-refractivity contribution < 1.29 is 18.7 Å². The summed E-state index contributed by atoms with van der Waals surface area (Å²) in [7, 11) is 0. The van der Waals surface area contributed by atoms with E-state index in [9.17, 15) is 4.79 Å². The number of hydrogen-bond donors (Lipinski definition) is 1. The van der Waals surface area contributed by atoms with Crippen molar-refractivity contribution in [1.82, 2.24) is 5.43 Å². The molecule has 1 aliphatic heterocycles. The average molecular weight is 334 g/mol. The smallest absolute Gasteiger partial charge is 0.264 e. The molecule has 3 aromatic rings. The molecule has 0 spiro atoms. The highest BCUT2D eigenvalue weighted by Crippen LogP contribution is 2.32. The third-order valence-electron chi connectivity index (χ3n) is 3.63. The summed E-state index contributed by atoms with van der Waals surface area (Å²) < 4.78 is 16.1. The average Bonchev–Trinajstić information content (AvgIpc) is 3.25. The standard InChI is InChI=1S/C19H14N2O4/c22-19(8-6-13-5-7-17-18(9-13)24-12-23-17)21-20-11-15-10-14-3-1-2-4-16(14)25-15/h1-11H,12H2,(H,21,22)/b8-6+,20-11+. The molecule has 1 amide bonds. The van der Waals surface area contributed by atoms with Crippen LogP contribution in [0.1, 0.15) is 11.3 Å². The Balaban J connectivity index is 1.37. The van der Waals surface area contributed by atoms with Crippen LogP contribution in [-0.4, -0.2) is 18.9 Å². The molecule has 124 valence electrons. The molecule has 2 heterocycles. The second-order valence-electron chi connectivity index (χ2n) is 5.37. The number of nitrogens with one attached hydrogen (secondary N) is 1. The molecule has 0 saturated heterocycles. The lowest BCUT2D eigenvalue weighted by Gasteiger charge is -1.97. The molecule has 6 heteroatoms. The van der Waals surface area contributed by atoms with E-state index in [0.717, 1.165) is 16.5 Å². The van der Waals surface area contributed by atoms with E-state index in [1.54, 1.807) is 12.1 Å². The van der Waals surface area contributed by atoms with Gasteiger partial charge in [-0.3, -0.25) is 4.79 Å². The van der Waals surface area contributed by atoms with Crippen LogP contribution in [0.2, 0.25) is 0 Å². The summed E-state index contributed by atoms with van der Waals surface area (Å²) in [6.07, 6.45) is 4.54. The van der Waals surface area contributed by atoms with Crippen molar-refractivity contribution in [3.05, 3.63) is 65.9 Å². The zero-order chi connectivity index (χ0) is 17.1. The number of carbonyl (C=O) groups excluding carboxylic acids is 1. The van der Waals surface area contributed by atoms with E-state index in [1.165, 1.54) is 12.3 Å². The number of hydrazone groups is 1. The molecular formula is C19H14N2O4. The fourth-order valence-electron chi connectivity index (χ4n) is 2.45. The van der Waals surface area contributed by atoms with Crippen LogP contribution in [0.3, 0.4) is 0 Å². The van der Waals surface area contributed by atoms with Crippen molar-refractivity contribution in [3.63, 3.8) is 0 Å². The molecule has 25 heavy (non-hydrogen) atoms. The highest BCUT2D eigenvalue weighted by atomic mass is 16.7. The predicted molar refractivity (Wildman–Crippen MR) is 93.5 cm³/mol. The SMILES string of the molecule is O=C(/C=C/c1ccc2c(c1)OCO2)N/N=C/c1cc2ccccc2o1. The lowest BCUT2D eigenvalue weighted by atomic mass is 10.2. The van der Waals surface area contributed by atoms with E-state index in [1.807, 2.05) is 42.5 Å². The van der Waals surface area contributed by atoms with Gasteiger partial charge in [-0.1, -0.05) is 24.3 Å². The quantitative estimate of drug-likeness (QED) is 0.451. The molecule has 1 aromatic heterocycles. The van der Waals surface area contributed by atoms with Crippen LogP contribution >= 0.6 is 0 Å². The number of para-hydroxylation sites is 1. The summed E-state index contributed by atoms with van der Waals surface area (Å²) >= 11 is 0. The minimum absolute atomic E-state index is 0.222. The van der Waals surface area contributed by atoms with Gasteiger partial charge in [-0.2, -0.15) is 5.10 Å². The lowest BCUT2D eigenvalue weighted by molar-refractivity contribution is -0.116. The van der Waals surface area contributed by atoms with Gasteiger partial charge in [0.25, 0.3) is 5.91 Å². The number of benzene rings is 2. The molecule has 1 N–H and O–H groups in total. The third kappa shape index (κ3) is 3.37. The maximum atomic E-state index is 11.8. The van der Waals surface area contributed by atoms with Gasteiger partial charge in [-0.15, -0.1) is 0 Å². The minimum atomic E-state index is -0.343. The Morgan fingerprint density at radius 3 is 2.88 bits per heavy atom. The Kier molecular flexibility index (Phi) is 3.92. The molecule has 0 atom stereocenters. The normalized spacial score (nSPS) is 13.1. The fourth-order valence-corrected chi connectivity index (χ4v) is 2.45. The van der Waals surface area contributed by atoms with Crippen LogP contribution in [0.5, 0.6) is 11.5 Å². The maximum absolute atomic E-state index is 11.8. The van der Waals surface area contributed by atoms with Crippen LogP contribution in [-0.2, 0) is 4.79 Å². The Morgan fingerprint density at radius 2 is 1.96 bits per heavy atom. The van der Waals surface area contributed by atoms with E-state index in [0.29, 0.717) is 17.3 Å². The molecule has 0 unspecified atom stereocenters. The lowest BCUT2D eigenvalue weighted by Crippen LogP contribution is -2.13. The fraction of sp³-hybridized carbons (Fsp3) is 0.0526. The van der Waals surface area contributed by atoms with Crippen molar-refractivity contribution in [2.45, 2.75) is 0 Å². The first-order valence-corrected chi connectivity index (χ1v) is 7.67. The van der Waals surface area contributed by atoms with E-state index in [2.05, 4.69) is 10.5 Å². The number of ether oxygens (including phenoxy) is 2. The van der Waals surface area contributed by atoms with Gasteiger partial charge >= 0.3 is 0 Å². The molecule has 0 fully saturated rings. The van der Waals surface area contributed by atoms with Gasteiger partial charge in [-0.25, -0.2) is 5.43 Å². The highest BCUT2D eigenvalue weighted by Gasteiger charge is 2.12. The first-order chi connectivity index (χ1) is 12.3. The topological polar surface area (TPSA) is 73.1 Å². The van der Waals surface area contributed by atoms with E-state index in [4.69, 9.17) is 13.9 Å². The number of fused-ring (bicyclic) bond motifs is 2. The minimum Gasteiger partial charge on any atom is -0.455 e. The summed E-state index contributed by atoms with van der Waals surface area (Å²) in [6, 6.07) is 15.0. The number of nitrogens with zero attached hydrogens (tertiary/aromatic N) is 1. The van der Waals surface area contributed by atoms with Crippen LogP contribution < -0.4 is 14.9 Å². The van der Waals surface area contributed by atoms with Gasteiger partial charge < -0.3 is 13.9 Å². The molecule has 4 rings (SSSR count). The van der Waals surface area contributed by atoms with Crippen LogP contribution in [0, 0.1) is 0 Å². The number of amides is 1. The zero-order valence-electron chi connectivity index (χ0n) is 13.1. The van der Waals surface area contributed by atoms with Crippen LogP contribution in [0.4, 0.5) is 0 Å². The number of carbonyl (C=O) groups is 1. The van der Waals surface area contributed by atoms with E-state index in [-0.39, 0.29) is 12.7 Å². The summed E-state index contributed by atoms with van der Waals surface area (Å²) in [5.41, 5.74) is 4.04. The largest absolute Gasteiger partial charge is 0.455 e. The Bertz CT molecular complexity index is 955. The second-order valence-corrected chi connectivity index (χ2v) is 5.37. The third-order valence-corrected chi connectivity index (χ3v) is 3.63. The number of hydrogen-bond acceptors (Lipinski definition) is 5. The van der Waals surface area contributed by atoms with Gasteiger partial charge in [0.05, 0.1) is 6.21 Å². The van der Waals surface area contributed by atoms with Crippen molar-refractivity contribution in [3.8, 4) is 11.5 Å². The van der Waals surface area contributed by atoms with E-state index >= 15 is 0 Å². The van der Waals surface area contributed by atoms with Gasteiger partial charge in [0, 0.05) is 11.5 Å². The molecule has 6 nitrogen and oxygen atoms in total. The van der Waals surface area contributed by atoms with Crippen LogP contribution in [0.15, 0.2) is 64.1 Å². The Morgan fingerprint density at radius 1 is 1.08 bits per heavy atom. The number of rotatable bonds is 4. The molecular weight excluding hydrogens is 320 g/mol. The summed E-state index contributed by atoms with van der Waals surface area (Å²) in [6.45, 7) is 0.222. The molecule has 1 aliphatic rings. The van der Waals surface area contributed by atoms with Gasteiger partial charge in [0.2, 0.25) is 6.79 Å². The molecule has 2 aromatic carbocycles. The zero-order valence-corrected chi connectivity index (χ0v) is 13.1. The first-order valence-electron chi connectivity index (χ1n) is 7.67. The molecule has 0 bridgehead atoms. The van der Waals surface area contributed by atoms with E-state index < -0.39 is 0 Å². The van der Waals surface area contributed by atoms with Crippen molar-refractivity contribution in [2.75, 3.05) is 6.79 Å². The summed E-state index contributed by atoms with van der Waals surface area (Å²) in [4.78, 5) is 11.8. The molecule has 0 radical (unpaired) electrons. The van der Waals surface area contributed by atoms with Gasteiger partial charge in [0.15, 0.2) is 11.5 Å². The van der Waals surface area contributed by atoms with Gasteiger partial charge in [-0.05, 0) is 35.9 Å². The van der Waals surface area contributed by atoms with Crippen molar-refractivity contribution in [2.24, 2.45) is 5.10 Å². The Hall–Kier alpha value is -3.54. The highest BCUT2D eigenvalue weighted by molar-refractivity contribution is 5.93. The first kappa shape index (κ1) is 15.0. The van der Waals surface area contributed by atoms with Gasteiger partial charge in [0.1, 0.15) is 11.3 Å². The predicted octanol–water partition coefficient (Wildman–Crippen LogP) is 3.33.